The lowest BCUT2D eigenvalue weighted by atomic mass is 9.98. The molecule has 0 aliphatic rings. The molecule has 0 spiro atoms. The summed E-state index contributed by atoms with van der Waals surface area (Å²) in [5.41, 5.74) is 14.0. The van der Waals surface area contributed by atoms with Gasteiger partial charge in [0.1, 0.15) is 0 Å². The van der Waals surface area contributed by atoms with E-state index in [2.05, 4.69) is 184 Å². The van der Waals surface area contributed by atoms with E-state index >= 15 is 0 Å². The van der Waals surface area contributed by atoms with Crippen molar-refractivity contribution in [2.75, 3.05) is 0 Å². The van der Waals surface area contributed by atoms with Crippen LogP contribution in [-0.4, -0.2) is 14.1 Å². The SMILES string of the molecule is c1ccc(-c2cccc(-n3c4ccccc4c4ccc(-c5cccc6c5c5ccccc5n6-c5ccc(-c6ccccn6)cc5)cc43)c2)cc1. The Balaban J connectivity index is 1.18. The quantitative estimate of drug-likeness (QED) is 0.184. The minimum Gasteiger partial charge on any atom is -0.309 e. The van der Waals surface area contributed by atoms with Gasteiger partial charge >= 0.3 is 0 Å². The molecule has 0 saturated heterocycles. The average molecular weight is 638 g/mol. The number of benzene rings is 7. The molecule has 0 aliphatic heterocycles. The van der Waals surface area contributed by atoms with Gasteiger partial charge < -0.3 is 9.13 Å². The second-order valence-corrected chi connectivity index (χ2v) is 12.8. The predicted octanol–water partition coefficient (Wildman–Crippen LogP) is 12.3. The molecule has 0 radical (unpaired) electrons. The minimum atomic E-state index is 0.975. The molecule has 50 heavy (non-hydrogen) atoms. The third-order valence-corrected chi connectivity index (χ3v) is 9.98. The zero-order chi connectivity index (χ0) is 33.0. The molecule has 0 amide bonds. The number of nitrogens with zero attached hydrogens (tertiary/aromatic N) is 3. The van der Waals surface area contributed by atoms with Gasteiger partial charge in [0.2, 0.25) is 0 Å². The Morgan fingerprint density at radius 2 is 0.980 bits per heavy atom. The lowest BCUT2D eigenvalue weighted by Crippen LogP contribution is -1.95. The topological polar surface area (TPSA) is 22.8 Å². The second kappa shape index (κ2) is 11.5. The minimum absolute atomic E-state index is 0.975. The van der Waals surface area contributed by atoms with E-state index in [-0.39, 0.29) is 0 Å². The summed E-state index contributed by atoms with van der Waals surface area (Å²) in [6.07, 6.45) is 1.84. The molecule has 3 heterocycles. The number of fused-ring (bicyclic) bond motifs is 6. The average Bonchev–Trinajstić information content (AvgIpc) is 3.71. The maximum Gasteiger partial charge on any atom is 0.0701 e. The van der Waals surface area contributed by atoms with Crippen LogP contribution in [-0.2, 0) is 0 Å². The highest BCUT2D eigenvalue weighted by molar-refractivity contribution is 6.17. The zero-order valence-corrected chi connectivity index (χ0v) is 27.2. The van der Waals surface area contributed by atoms with Gasteiger partial charge in [-0.2, -0.15) is 0 Å². The maximum absolute atomic E-state index is 4.56. The van der Waals surface area contributed by atoms with E-state index in [4.69, 9.17) is 0 Å². The van der Waals surface area contributed by atoms with Crippen molar-refractivity contribution >= 4 is 43.6 Å². The first kappa shape index (κ1) is 28.3. The van der Waals surface area contributed by atoms with E-state index < -0.39 is 0 Å². The van der Waals surface area contributed by atoms with Crippen LogP contribution in [0.2, 0.25) is 0 Å². The molecule has 0 saturated carbocycles. The molecule has 3 heteroatoms. The van der Waals surface area contributed by atoms with Crippen molar-refractivity contribution in [1.29, 1.82) is 0 Å². The molecule has 3 aromatic heterocycles. The van der Waals surface area contributed by atoms with Crippen molar-refractivity contribution in [3.63, 3.8) is 0 Å². The van der Waals surface area contributed by atoms with E-state index in [1.807, 2.05) is 18.3 Å². The normalized spacial score (nSPS) is 11.6. The number of aromatic nitrogens is 3. The monoisotopic (exact) mass is 637 g/mol. The molecule has 0 unspecified atom stereocenters. The maximum atomic E-state index is 4.56. The van der Waals surface area contributed by atoms with Gasteiger partial charge in [-0.1, -0.05) is 121 Å². The highest BCUT2D eigenvalue weighted by Crippen LogP contribution is 2.41. The van der Waals surface area contributed by atoms with Gasteiger partial charge in [-0.3, -0.25) is 4.98 Å². The fourth-order valence-corrected chi connectivity index (χ4v) is 7.72. The molecule has 10 aromatic rings. The van der Waals surface area contributed by atoms with Gasteiger partial charge in [0.05, 0.1) is 27.8 Å². The van der Waals surface area contributed by atoms with Crippen molar-refractivity contribution in [2.45, 2.75) is 0 Å². The molecule has 234 valence electrons. The molecular formula is C47H31N3. The summed E-state index contributed by atoms with van der Waals surface area (Å²) < 4.78 is 4.81. The highest BCUT2D eigenvalue weighted by Gasteiger charge is 2.18. The van der Waals surface area contributed by atoms with Gasteiger partial charge in [0.15, 0.2) is 0 Å². The van der Waals surface area contributed by atoms with Crippen LogP contribution in [0, 0.1) is 0 Å². The standard InChI is InChI=1S/C47H31N3/c1-2-12-32(13-3-1)34-14-10-15-37(30-34)50-43-20-6-4-16-39(43)40-28-25-35(31-46(40)50)38-18-11-22-45-47(38)41-17-5-7-21-44(41)49(45)36-26-23-33(24-27-36)42-19-8-9-29-48-42/h1-31H. The summed E-state index contributed by atoms with van der Waals surface area (Å²) in [7, 11) is 0. The summed E-state index contributed by atoms with van der Waals surface area (Å²) >= 11 is 0. The first-order valence-electron chi connectivity index (χ1n) is 17.1. The molecule has 0 fully saturated rings. The van der Waals surface area contributed by atoms with E-state index in [9.17, 15) is 0 Å². The Morgan fingerprint density at radius 1 is 0.340 bits per heavy atom. The van der Waals surface area contributed by atoms with E-state index in [0.29, 0.717) is 0 Å². The third-order valence-electron chi connectivity index (χ3n) is 9.98. The van der Waals surface area contributed by atoms with E-state index in [1.165, 1.54) is 65.9 Å². The largest absolute Gasteiger partial charge is 0.309 e. The fraction of sp³-hybridized carbons (Fsp3) is 0. The summed E-state index contributed by atoms with van der Waals surface area (Å²) in [6.45, 7) is 0. The van der Waals surface area contributed by atoms with Crippen LogP contribution in [0.25, 0.3) is 88.5 Å². The van der Waals surface area contributed by atoms with Crippen molar-refractivity contribution in [3.8, 4) is 44.9 Å². The molecule has 0 N–H and O–H groups in total. The zero-order valence-electron chi connectivity index (χ0n) is 27.2. The molecular weight excluding hydrogens is 607 g/mol. The Kier molecular flexibility index (Phi) is 6.49. The van der Waals surface area contributed by atoms with Crippen molar-refractivity contribution in [1.82, 2.24) is 14.1 Å². The van der Waals surface area contributed by atoms with Crippen LogP contribution in [0.4, 0.5) is 0 Å². The lowest BCUT2D eigenvalue weighted by Gasteiger charge is -2.12. The van der Waals surface area contributed by atoms with Gasteiger partial charge in [0.25, 0.3) is 0 Å². The van der Waals surface area contributed by atoms with Crippen LogP contribution >= 0.6 is 0 Å². The number of hydrogen-bond donors (Lipinski definition) is 0. The number of hydrogen-bond acceptors (Lipinski definition) is 1. The van der Waals surface area contributed by atoms with Gasteiger partial charge in [-0.15, -0.1) is 0 Å². The summed E-state index contributed by atoms with van der Waals surface area (Å²) in [6, 6.07) is 65.5. The van der Waals surface area contributed by atoms with Crippen molar-refractivity contribution < 1.29 is 0 Å². The number of rotatable bonds is 5. The van der Waals surface area contributed by atoms with Gasteiger partial charge in [0, 0.05) is 44.7 Å². The first-order valence-corrected chi connectivity index (χ1v) is 17.1. The van der Waals surface area contributed by atoms with Gasteiger partial charge in [-0.05, 0) is 82.9 Å². The van der Waals surface area contributed by atoms with Crippen LogP contribution in [0.3, 0.4) is 0 Å². The van der Waals surface area contributed by atoms with Crippen LogP contribution in [0.1, 0.15) is 0 Å². The van der Waals surface area contributed by atoms with Crippen LogP contribution in [0.5, 0.6) is 0 Å². The van der Waals surface area contributed by atoms with Crippen molar-refractivity contribution in [3.05, 3.63) is 188 Å². The van der Waals surface area contributed by atoms with E-state index in [1.54, 1.807) is 0 Å². The Labute approximate surface area is 290 Å². The Hall–Kier alpha value is -6.71. The molecule has 0 bridgehead atoms. The third kappa shape index (κ3) is 4.48. The van der Waals surface area contributed by atoms with Crippen molar-refractivity contribution in [2.24, 2.45) is 0 Å². The molecule has 0 aliphatic carbocycles. The number of pyridine rings is 1. The van der Waals surface area contributed by atoms with E-state index in [0.717, 1.165) is 22.6 Å². The Bertz CT molecular complexity index is 2840. The summed E-state index contributed by atoms with van der Waals surface area (Å²) in [4.78, 5) is 4.56. The predicted molar refractivity (Wildman–Crippen MR) is 209 cm³/mol. The smallest absolute Gasteiger partial charge is 0.0701 e. The summed E-state index contributed by atoms with van der Waals surface area (Å²) in [5.74, 6) is 0. The fourth-order valence-electron chi connectivity index (χ4n) is 7.72. The Morgan fingerprint density at radius 3 is 1.80 bits per heavy atom. The lowest BCUT2D eigenvalue weighted by molar-refractivity contribution is 1.18. The number of para-hydroxylation sites is 2. The molecule has 10 rings (SSSR count). The molecule has 0 atom stereocenters. The van der Waals surface area contributed by atoms with Crippen LogP contribution in [0.15, 0.2) is 188 Å². The first-order chi connectivity index (χ1) is 24.8. The van der Waals surface area contributed by atoms with Gasteiger partial charge in [-0.25, -0.2) is 0 Å². The molecule has 3 nitrogen and oxygen atoms in total. The highest BCUT2D eigenvalue weighted by atomic mass is 15.0. The van der Waals surface area contributed by atoms with Crippen LogP contribution < -0.4 is 0 Å². The molecule has 7 aromatic carbocycles. The summed E-state index contributed by atoms with van der Waals surface area (Å²) in [5, 5.41) is 4.99. The second-order valence-electron chi connectivity index (χ2n) is 12.8.